The average Bonchev–Trinajstić information content (AvgIpc) is 2.41. The summed E-state index contributed by atoms with van der Waals surface area (Å²) in [6, 6.07) is 7.31. The normalized spacial score (nSPS) is 26.7. The molecule has 102 valence electrons. The van der Waals surface area contributed by atoms with Gasteiger partial charge in [0.1, 0.15) is 0 Å². The molecule has 1 aliphatic carbocycles. The lowest BCUT2D eigenvalue weighted by Gasteiger charge is -2.40. The van der Waals surface area contributed by atoms with Gasteiger partial charge in [0.25, 0.3) is 0 Å². The van der Waals surface area contributed by atoms with Crippen molar-refractivity contribution in [2.24, 2.45) is 5.92 Å². The summed E-state index contributed by atoms with van der Waals surface area (Å²) in [4.78, 5) is 0. The van der Waals surface area contributed by atoms with E-state index < -0.39 is 0 Å². The van der Waals surface area contributed by atoms with E-state index in [0.29, 0.717) is 17.2 Å². The van der Waals surface area contributed by atoms with Crippen molar-refractivity contribution in [3.8, 4) is 6.07 Å². The number of anilines is 2. The van der Waals surface area contributed by atoms with Crippen LogP contribution in [-0.4, -0.2) is 17.3 Å². The number of nitrogens with one attached hydrogen (secondary N) is 1. The Morgan fingerprint density at radius 3 is 3.00 bits per heavy atom. The zero-order chi connectivity index (χ0) is 13.9. The van der Waals surface area contributed by atoms with Gasteiger partial charge < -0.3 is 16.2 Å². The molecule has 1 aliphatic rings. The zero-order valence-electron chi connectivity index (χ0n) is 11.3. The maximum Gasteiger partial charge on any atom is 0.0992 e. The molecule has 1 aromatic rings. The highest BCUT2D eigenvalue weighted by atomic mass is 16.3. The van der Waals surface area contributed by atoms with E-state index in [1.54, 1.807) is 18.2 Å². The third-order valence-corrected chi connectivity index (χ3v) is 3.98. The molecule has 1 saturated carbocycles. The fourth-order valence-corrected chi connectivity index (χ4v) is 2.98. The molecule has 0 heterocycles. The van der Waals surface area contributed by atoms with Gasteiger partial charge in [-0.25, -0.2) is 0 Å². The third-order valence-electron chi connectivity index (χ3n) is 3.98. The van der Waals surface area contributed by atoms with Gasteiger partial charge in [0.15, 0.2) is 0 Å². The third kappa shape index (κ3) is 2.99. The smallest absolute Gasteiger partial charge is 0.0992 e. The monoisotopic (exact) mass is 259 g/mol. The molecule has 2 unspecified atom stereocenters. The summed E-state index contributed by atoms with van der Waals surface area (Å²) in [5.74, 6) is 0.591. The van der Waals surface area contributed by atoms with Crippen LogP contribution in [0.25, 0.3) is 0 Å². The number of nitrogen functional groups attached to an aromatic ring is 1. The molecule has 0 bridgehead atoms. The van der Waals surface area contributed by atoms with E-state index in [2.05, 4.69) is 18.3 Å². The Labute approximate surface area is 114 Å². The fraction of sp³-hybridized carbons (Fsp3) is 0.533. The summed E-state index contributed by atoms with van der Waals surface area (Å²) in [5, 5.41) is 22.1. The van der Waals surface area contributed by atoms with Crippen LogP contribution < -0.4 is 11.1 Å². The highest BCUT2D eigenvalue weighted by molar-refractivity contribution is 5.69. The lowest BCUT2D eigenvalue weighted by Crippen LogP contribution is -2.46. The topological polar surface area (TPSA) is 82.1 Å². The van der Waals surface area contributed by atoms with Crippen LogP contribution in [0.4, 0.5) is 11.4 Å². The Morgan fingerprint density at radius 2 is 2.37 bits per heavy atom. The number of hydrogen-bond donors (Lipinski definition) is 3. The molecule has 0 amide bonds. The lowest BCUT2D eigenvalue weighted by molar-refractivity contribution is 0.149. The molecule has 2 atom stereocenters. The maximum absolute atomic E-state index is 9.77. The summed E-state index contributed by atoms with van der Waals surface area (Å²) in [5.41, 5.74) is 7.60. The minimum atomic E-state index is -0.306. The molecule has 0 aliphatic heterocycles. The first-order chi connectivity index (χ1) is 9.08. The first-order valence-electron chi connectivity index (χ1n) is 6.77. The molecular weight excluding hydrogens is 238 g/mol. The molecule has 4 nitrogen and oxygen atoms in total. The first-order valence-corrected chi connectivity index (χ1v) is 6.77. The summed E-state index contributed by atoms with van der Waals surface area (Å²) in [6.45, 7) is 2.30. The van der Waals surface area contributed by atoms with Gasteiger partial charge in [0.05, 0.1) is 35.2 Å². The SMILES string of the molecule is CC1CCCC(CO)(Nc2cc(C#N)ccc2N)C1. The Hall–Kier alpha value is -1.73. The van der Waals surface area contributed by atoms with E-state index in [0.717, 1.165) is 24.9 Å². The second-order valence-corrected chi connectivity index (χ2v) is 5.68. The van der Waals surface area contributed by atoms with Gasteiger partial charge in [0.2, 0.25) is 0 Å². The zero-order valence-corrected chi connectivity index (χ0v) is 11.3. The number of rotatable bonds is 3. The van der Waals surface area contributed by atoms with Gasteiger partial charge in [-0.05, 0) is 37.0 Å². The fourth-order valence-electron chi connectivity index (χ4n) is 2.98. The highest BCUT2D eigenvalue weighted by Gasteiger charge is 2.34. The predicted molar refractivity (Wildman–Crippen MR) is 76.6 cm³/mol. The van der Waals surface area contributed by atoms with Crippen molar-refractivity contribution in [3.63, 3.8) is 0 Å². The number of nitrogens with zero attached hydrogens (tertiary/aromatic N) is 1. The van der Waals surface area contributed by atoms with E-state index in [9.17, 15) is 5.11 Å². The minimum absolute atomic E-state index is 0.0908. The lowest BCUT2D eigenvalue weighted by atomic mass is 9.76. The minimum Gasteiger partial charge on any atom is -0.397 e. The van der Waals surface area contributed by atoms with Crippen LogP contribution in [0.2, 0.25) is 0 Å². The van der Waals surface area contributed by atoms with Crippen molar-refractivity contribution in [2.45, 2.75) is 38.1 Å². The van der Waals surface area contributed by atoms with Gasteiger partial charge in [-0.1, -0.05) is 19.8 Å². The Morgan fingerprint density at radius 1 is 1.58 bits per heavy atom. The van der Waals surface area contributed by atoms with Crippen molar-refractivity contribution in [1.29, 1.82) is 5.26 Å². The molecule has 0 spiro atoms. The van der Waals surface area contributed by atoms with Crippen LogP contribution in [0.1, 0.15) is 38.2 Å². The molecule has 4 N–H and O–H groups in total. The Bertz CT molecular complexity index is 495. The molecule has 0 aromatic heterocycles. The Kier molecular flexibility index (Phi) is 3.96. The van der Waals surface area contributed by atoms with E-state index in [1.807, 2.05) is 0 Å². The molecule has 2 rings (SSSR count). The van der Waals surface area contributed by atoms with Crippen LogP contribution in [0, 0.1) is 17.2 Å². The van der Waals surface area contributed by atoms with E-state index in [4.69, 9.17) is 11.0 Å². The average molecular weight is 259 g/mol. The molecule has 0 saturated heterocycles. The molecule has 19 heavy (non-hydrogen) atoms. The van der Waals surface area contributed by atoms with Crippen molar-refractivity contribution in [3.05, 3.63) is 23.8 Å². The molecule has 1 fully saturated rings. The molecular formula is C15H21N3O. The standard InChI is InChI=1S/C15H21N3O/c1-11-3-2-6-15(8-11,10-19)18-14-7-12(9-16)4-5-13(14)17/h4-5,7,11,18-19H,2-3,6,8,10,17H2,1H3. The summed E-state index contributed by atoms with van der Waals surface area (Å²) >= 11 is 0. The molecule has 1 aromatic carbocycles. The number of aliphatic hydroxyl groups is 1. The molecule has 4 heteroatoms. The number of aliphatic hydroxyl groups excluding tert-OH is 1. The largest absolute Gasteiger partial charge is 0.397 e. The van der Waals surface area contributed by atoms with Crippen LogP contribution in [0.3, 0.4) is 0 Å². The van der Waals surface area contributed by atoms with E-state index in [-0.39, 0.29) is 12.1 Å². The summed E-state index contributed by atoms with van der Waals surface area (Å²) in [7, 11) is 0. The van der Waals surface area contributed by atoms with Crippen molar-refractivity contribution in [1.82, 2.24) is 0 Å². The first kappa shape index (κ1) is 13.7. The quantitative estimate of drug-likeness (QED) is 0.728. The molecule has 0 radical (unpaired) electrons. The number of nitriles is 1. The van der Waals surface area contributed by atoms with Crippen LogP contribution in [0.5, 0.6) is 0 Å². The van der Waals surface area contributed by atoms with Gasteiger partial charge in [-0.2, -0.15) is 5.26 Å². The second-order valence-electron chi connectivity index (χ2n) is 5.68. The maximum atomic E-state index is 9.77. The van der Waals surface area contributed by atoms with Crippen molar-refractivity contribution in [2.75, 3.05) is 17.7 Å². The van der Waals surface area contributed by atoms with Gasteiger partial charge in [-0.3, -0.25) is 0 Å². The number of benzene rings is 1. The van der Waals surface area contributed by atoms with Crippen LogP contribution in [-0.2, 0) is 0 Å². The van der Waals surface area contributed by atoms with Gasteiger partial charge in [0, 0.05) is 0 Å². The van der Waals surface area contributed by atoms with E-state index >= 15 is 0 Å². The van der Waals surface area contributed by atoms with Crippen LogP contribution in [0.15, 0.2) is 18.2 Å². The summed E-state index contributed by atoms with van der Waals surface area (Å²) < 4.78 is 0. The summed E-state index contributed by atoms with van der Waals surface area (Å²) in [6.07, 6.45) is 4.17. The Balaban J connectivity index is 2.25. The second kappa shape index (κ2) is 5.50. The number of hydrogen-bond acceptors (Lipinski definition) is 4. The van der Waals surface area contributed by atoms with Crippen molar-refractivity contribution < 1.29 is 5.11 Å². The van der Waals surface area contributed by atoms with Crippen LogP contribution >= 0.6 is 0 Å². The predicted octanol–water partition coefficient (Wildman–Crippen LogP) is 2.49. The van der Waals surface area contributed by atoms with E-state index in [1.165, 1.54) is 6.42 Å². The van der Waals surface area contributed by atoms with Gasteiger partial charge in [-0.15, -0.1) is 0 Å². The van der Waals surface area contributed by atoms with Gasteiger partial charge >= 0.3 is 0 Å². The highest BCUT2D eigenvalue weighted by Crippen LogP contribution is 2.36. The van der Waals surface area contributed by atoms with Crippen molar-refractivity contribution >= 4 is 11.4 Å². The number of nitrogens with two attached hydrogens (primary N) is 1.